The first-order valence-corrected chi connectivity index (χ1v) is 6.18. The molecule has 1 aromatic heterocycles. The molecular weight excluding hydrogens is 270 g/mol. The summed E-state index contributed by atoms with van der Waals surface area (Å²) in [6.45, 7) is -0.0814. The van der Waals surface area contributed by atoms with E-state index in [2.05, 4.69) is 0 Å². The topological polar surface area (TPSA) is 86.3 Å². The summed E-state index contributed by atoms with van der Waals surface area (Å²) in [5.74, 6) is -1.36. The van der Waals surface area contributed by atoms with E-state index in [1.54, 1.807) is 43.6 Å². The summed E-state index contributed by atoms with van der Waals surface area (Å²) >= 11 is 0. The number of rotatable bonds is 4. The first kappa shape index (κ1) is 14.3. The Labute approximate surface area is 121 Å². The average molecular weight is 283 g/mol. The van der Waals surface area contributed by atoms with Crippen LogP contribution in [-0.2, 0) is 11.3 Å². The lowest BCUT2D eigenvalue weighted by Crippen LogP contribution is -2.30. The molecule has 0 aliphatic rings. The average Bonchev–Trinajstić information content (AvgIpc) is 2.94. The van der Waals surface area contributed by atoms with E-state index in [0.717, 1.165) is 0 Å². The maximum Gasteiger partial charge on any atom is 0.352 e. The maximum absolute atomic E-state index is 12.2. The predicted molar refractivity (Wildman–Crippen MR) is 76.0 cm³/mol. The van der Waals surface area contributed by atoms with Crippen LogP contribution in [0.2, 0.25) is 0 Å². The molecule has 1 heterocycles. The minimum atomic E-state index is -1.08. The summed E-state index contributed by atoms with van der Waals surface area (Å²) in [6.07, 6.45) is 1.54. The lowest BCUT2D eigenvalue weighted by Gasteiger charge is -2.18. The third kappa shape index (κ3) is 3.09. The van der Waals surface area contributed by atoms with E-state index in [1.165, 1.54) is 15.5 Å². The van der Waals surface area contributed by atoms with Gasteiger partial charge in [-0.15, -0.1) is 0 Å². The summed E-state index contributed by atoms with van der Waals surface area (Å²) in [5.41, 5.74) is 1.10. The maximum atomic E-state index is 12.2. The van der Waals surface area contributed by atoms with Crippen molar-refractivity contribution in [3.8, 4) is 6.07 Å². The van der Waals surface area contributed by atoms with Crippen molar-refractivity contribution < 1.29 is 14.7 Å². The number of nitrogens with zero attached hydrogens (tertiary/aromatic N) is 3. The molecule has 0 atom stereocenters. The number of carboxylic acids is 1. The molecule has 2 aromatic rings. The highest BCUT2D eigenvalue weighted by Crippen LogP contribution is 2.15. The van der Waals surface area contributed by atoms with E-state index in [4.69, 9.17) is 10.4 Å². The monoisotopic (exact) mass is 283 g/mol. The van der Waals surface area contributed by atoms with Crippen LogP contribution in [0.25, 0.3) is 0 Å². The summed E-state index contributed by atoms with van der Waals surface area (Å²) in [4.78, 5) is 24.6. The molecule has 0 saturated carbocycles. The van der Waals surface area contributed by atoms with Gasteiger partial charge in [0, 0.05) is 18.9 Å². The number of anilines is 1. The second kappa shape index (κ2) is 5.92. The van der Waals surface area contributed by atoms with Gasteiger partial charge in [0.15, 0.2) is 0 Å². The largest absolute Gasteiger partial charge is 0.477 e. The zero-order valence-electron chi connectivity index (χ0n) is 11.4. The van der Waals surface area contributed by atoms with Gasteiger partial charge in [-0.3, -0.25) is 4.79 Å². The van der Waals surface area contributed by atoms with Gasteiger partial charge in [0.05, 0.1) is 11.6 Å². The van der Waals surface area contributed by atoms with Crippen LogP contribution in [0.5, 0.6) is 0 Å². The van der Waals surface area contributed by atoms with Crippen molar-refractivity contribution in [3.05, 3.63) is 53.9 Å². The predicted octanol–water partition coefficient (Wildman–Crippen LogP) is 1.72. The van der Waals surface area contributed by atoms with Gasteiger partial charge in [0.1, 0.15) is 12.2 Å². The lowest BCUT2D eigenvalue weighted by molar-refractivity contribution is -0.118. The van der Waals surface area contributed by atoms with Crippen LogP contribution in [0.4, 0.5) is 5.69 Å². The number of aromatic nitrogens is 1. The van der Waals surface area contributed by atoms with Gasteiger partial charge in [-0.25, -0.2) is 4.79 Å². The number of nitriles is 1. The molecule has 1 N–H and O–H groups in total. The van der Waals surface area contributed by atoms with E-state index >= 15 is 0 Å². The molecule has 106 valence electrons. The Morgan fingerprint density at radius 1 is 1.33 bits per heavy atom. The van der Waals surface area contributed by atoms with Crippen molar-refractivity contribution in [2.75, 3.05) is 11.9 Å². The zero-order chi connectivity index (χ0) is 15.4. The van der Waals surface area contributed by atoms with Gasteiger partial charge in [-0.1, -0.05) is 6.07 Å². The number of hydrogen-bond donors (Lipinski definition) is 1. The van der Waals surface area contributed by atoms with E-state index < -0.39 is 5.97 Å². The molecule has 0 aliphatic carbocycles. The van der Waals surface area contributed by atoms with Gasteiger partial charge in [-0.05, 0) is 30.3 Å². The zero-order valence-corrected chi connectivity index (χ0v) is 11.4. The Balaban J connectivity index is 2.18. The quantitative estimate of drug-likeness (QED) is 0.925. The van der Waals surface area contributed by atoms with E-state index in [-0.39, 0.29) is 18.1 Å². The number of carbonyl (C=O) groups excluding carboxylic acids is 1. The first-order valence-electron chi connectivity index (χ1n) is 6.18. The number of benzene rings is 1. The van der Waals surface area contributed by atoms with Crippen LogP contribution >= 0.6 is 0 Å². The van der Waals surface area contributed by atoms with Crippen molar-refractivity contribution in [3.63, 3.8) is 0 Å². The van der Waals surface area contributed by atoms with Gasteiger partial charge in [-0.2, -0.15) is 5.26 Å². The normalized spacial score (nSPS) is 9.90. The smallest absolute Gasteiger partial charge is 0.352 e. The second-order valence-corrected chi connectivity index (χ2v) is 4.44. The van der Waals surface area contributed by atoms with Crippen LogP contribution in [0, 0.1) is 11.3 Å². The molecule has 0 aliphatic heterocycles. The van der Waals surface area contributed by atoms with Crippen LogP contribution in [-0.4, -0.2) is 28.6 Å². The third-order valence-corrected chi connectivity index (χ3v) is 3.09. The van der Waals surface area contributed by atoms with Gasteiger partial charge in [0.25, 0.3) is 0 Å². The summed E-state index contributed by atoms with van der Waals surface area (Å²) < 4.78 is 1.37. The highest BCUT2D eigenvalue weighted by molar-refractivity contribution is 5.94. The fourth-order valence-electron chi connectivity index (χ4n) is 1.93. The van der Waals surface area contributed by atoms with Crippen molar-refractivity contribution in [2.24, 2.45) is 0 Å². The lowest BCUT2D eigenvalue weighted by atomic mass is 10.2. The Hall–Kier alpha value is -3.07. The molecular formula is C15H13N3O3. The number of hydrogen-bond acceptors (Lipinski definition) is 3. The summed E-state index contributed by atoms with van der Waals surface area (Å²) in [7, 11) is 1.59. The first-order chi connectivity index (χ1) is 10.0. The van der Waals surface area contributed by atoms with Gasteiger partial charge < -0.3 is 14.6 Å². The molecule has 6 heteroatoms. The Morgan fingerprint density at radius 3 is 2.76 bits per heavy atom. The summed E-state index contributed by atoms with van der Waals surface area (Å²) in [6, 6.07) is 11.7. The molecule has 6 nitrogen and oxygen atoms in total. The van der Waals surface area contributed by atoms with Crippen molar-refractivity contribution in [1.82, 2.24) is 4.57 Å². The molecule has 0 fully saturated rings. The van der Waals surface area contributed by atoms with Crippen LogP contribution < -0.4 is 4.90 Å². The SMILES string of the molecule is CN(C(=O)Cn1cccc1C(=O)O)c1cccc(C#N)c1. The molecule has 21 heavy (non-hydrogen) atoms. The molecule has 0 bridgehead atoms. The molecule has 2 rings (SSSR count). The number of carbonyl (C=O) groups is 2. The van der Waals surface area contributed by atoms with Crippen molar-refractivity contribution >= 4 is 17.6 Å². The van der Waals surface area contributed by atoms with Crippen molar-refractivity contribution in [2.45, 2.75) is 6.54 Å². The van der Waals surface area contributed by atoms with Crippen molar-refractivity contribution in [1.29, 1.82) is 5.26 Å². The fraction of sp³-hybridized carbons (Fsp3) is 0.133. The Kier molecular flexibility index (Phi) is 4.05. The third-order valence-electron chi connectivity index (χ3n) is 3.09. The minimum Gasteiger partial charge on any atom is -0.477 e. The highest BCUT2D eigenvalue weighted by atomic mass is 16.4. The Bertz CT molecular complexity index is 728. The van der Waals surface area contributed by atoms with Gasteiger partial charge in [0.2, 0.25) is 5.91 Å². The van der Waals surface area contributed by atoms with Crippen LogP contribution in [0.15, 0.2) is 42.6 Å². The van der Waals surface area contributed by atoms with Gasteiger partial charge >= 0.3 is 5.97 Å². The molecule has 1 aromatic carbocycles. The molecule has 0 saturated heterocycles. The molecule has 0 radical (unpaired) electrons. The number of amides is 1. The Morgan fingerprint density at radius 2 is 2.10 bits per heavy atom. The number of carboxylic acid groups (broad SMARTS) is 1. The van der Waals surface area contributed by atoms with Crippen LogP contribution in [0.1, 0.15) is 16.1 Å². The second-order valence-electron chi connectivity index (χ2n) is 4.44. The molecule has 0 spiro atoms. The standard InChI is InChI=1S/C15H13N3O3/c1-17(12-5-2-4-11(8-12)9-16)14(19)10-18-7-3-6-13(18)15(20)21/h2-8H,10H2,1H3,(H,20,21). The molecule has 0 unspecified atom stereocenters. The number of likely N-dealkylation sites (N-methyl/N-ethyl adjacent to an activating group) is 1. The molecule has 1 amide bonds. The van der Waals surface area contributed by atoms with E-state index in [0.29, 0.717) is 11.3 Å². The number of aromatic carboxylic acids is 1. The van der Waals surface area contributed by atoms with E-state index in [1.807, 2.05) is 6.07 Å². The van der Waals surface area contributed by atoms with E-state index in [9.17, 15) is 9.59 Å². The highest BCUT2D eigenvalue weighted by Gasteiger charge is 2.15. The fourth-order valence-corrected chi connectivity index (χ4v) is 1.93. The van der Waals surface area contributed by atoms with Crippen LogP contribution in [0.3, 0.4) is 0 Å². The minimum absolute atomic E-state index is 0.0579. The summed E-state index contributed by atoms with van der Waals surface area (Å²) in [5, 5.41) is 17.9.